The third-order valence-corrected chi connectivity index (χ3v) is 10.8. The highest BCUT2D eigenvalue weighted by Gasteiger charge is 2.19. The normalized spacial score (nSPS) is 12.4. The van der Waals surface area contributed by atoms with Crippen molar-refractivity contribution in [2.75, 3.05) is 13.2 Å². The molecule has 0 rings (SSSR count). The Morgan fingerprint density at radius 2 is 0.610 bits per heavy atom. The zero-order chi connectivity index (χ0) is 43.0. The topological polar surface area (TPSA) is 78.9 Å². The summed E-state index contributed by atoms with van der Waals surface area (Å²) in [6.45, 7) is 6.56. The maximum Gasteiger partial charge on any atom is 0.306 e. The molecular weight excluding hydrogens is 733 g/mol. The molecule has 1 atom stereocenters. The summed E-state index contributed by atoms with van der Waals surface area (Å²) in [4.78, 5) is 37.8. The Hall–Kier alpha value is -2.63. The first-order chi connectivity index (χ1) is 29.0. The van der Waals surface area contributed by atoms with Crippen LogP contribution >= 0.6 is 0 Å². The van der Waals surface area contributed by atoms with Crippen LogP contribution in [0.2, 0.25) is 0 Å². The fourth-order valence-electron chi connectivity index (χ4n) is 6.97. The van der Waals surface area contributed by atoms with Gasteiger partial charge < -0.3 is 14.2 Å². The number of carbonyl (C=O) groups excluding carboxylic acids is 3. The third-order valence-electron chi connectivity index (χ3n) is 10.8. The second-order valence-corrected chi connectivity index (χ2v) is 16.7. The number of ether oxygens (including phenoxy) is 3. The van der Waals surface area contributed by atoms with E-state index in [1.54, 1.807) is 0 Å². The van der Waals surface area contributed by atoms with Crippen molar-refractivity contribution in [3.05, 3.63) is 48.6 Å². The number of allylic oxidation sites excluding steroid dienone is 8. The van der Waals surface area contributed by atoms with E-state index in [2.05, 4.69) is 69.4 Å². The molecule has 342 valence electrons. The standard InChI is InChI=1S/C53H94O6/c1-4-7-10-13-16-19-21-23-24-25-26-27-28-30-31-34-37-40-43-46-52(55)58-49-50(48-57-51(54)45-42-39-36-33-18-15-12-9-6-3)59-53(56)47-44-41-38-35-32-29-22-20-17-14-11-8-5-2/h16,19-20,22-24,26-27,50H,4-15,17-18,21,25,28-49H2,1-3H3/b19-16-,22-20-,24-23-,27-26-/t50-/m1/s1. The number of carbonyl (C=O) groups is 3. The number of esters is 3. The zero-order valence-corrected chi connectivity index (χ0v) is 39.0. The van der Waals surface area contributed by atoms with E-state index in [9.17, 15) is 14.4 Å². The second-order valence-electron chi connectivity index (χ2n) is 16.7. The van der Waals surface area contributed by atoms with Crippen LogP contribution in [0.1, 0.15) is 252 Å². The van der Waals surface area contributed by atoms with Gasteiger partial charge in [-0.15, -0.1) is 0 Å². The lowest BCUT2D eigenvalue weighted by molar-refractivity contribution is -0.167. The molecule has 0 aliphatic rings. The summed E-state index contributed by atoms with van der Waals surface area (Å²) in [5.41, 5.74) is 0. The van der Waals surface area contributed by atoms with Crippen molar-refractivity contribution >= 4 is 17.9 Å². The number of hydrogen-bond donors (Lipinski definition) is 0. The molecule has 0 saturated heterocycles. The predicted molar refractivity (Wildman–Crippen MR) is 252 cm³/mol. The Kier molecular flexibility index (Phi) is 45.9. The lowest BCUT2D eigenvalue weighted by Gasteiger charge is -2.18. The second kappa shape index (κ2) is 48.0. The quantitative estimate of drug-likeness (QED) is 0.0263. The van der Waals surface area contributed by atoms with E-state index in [0.29, 0.717) is 19.3 Å². The van der Waals surface area contributed by atoms with E-state index in [1.165, 1.54) is 122 Å². The monoisotopic (exact) mass is 827 g/mol. The van der Waals surface area contributed by atoms with Gasteiger partial charge in [-0.2, -0.15) is 0 Å². The van der Waals surface area contributed by atoms with Gasteiger partial charge in [0.1, 0.15) is 13.2 Å². The fourth-order valence-corrected chi connectivity index (χ4v) is 6.97. The molecule has 0 radical (unpaired) electrons. The van der Waals surface area contributed by atoms with Crippen molar-refractivity contribution < 1.29 is 28.6 Å². The average molecular weight is 827 g/mol. The Balaban J connectivity index is 4.33. The van der Waals surface area contributed by atoms with Gasteiger partial charge in [0.2, 0.25) is 0 Å². The Morgan fingerprint density at radius 1 is 0.339 bits per heavy atom. The Bertz CT molecular complexity index is 1040. The van der Waals surface area contributed by atoms with Crippen LogP contribution in [0.3, 0.4) is 0 Å². The molecule has 0 aliphatic heterocycles. The minimum absolute atomic E-state index is 0.0792. The van der Waals surface area contributed by atoms with E-state index in [0.717, 1.165) is 89.9 Å². The van der Waals surface area contributed by atoms with Crippen LogP contribution in [-0.2, 0) is 28.6 Å². The highest BCUT2D eigenvalue weighted by atomic mass is 16.6. The van der Waals surface area contributed by atoms with Crippen LogP contribution in [0.4, 0.5) is 0 Å². The first-order valence-electron chi connectivity index (χ1n) is 25.1. The van der Waals surface area contributed by atoms with Gasteiger partial charge in [0, 0.05) is 19.3 Å². The molecule has 0 aliphatic carbocycles. The van der Waals surface area contributed by atoms with Gasteiger partial charge in [-0.05, 0) is 83.5 Å². The Morgan fingerprint density at radius 3 is 1.02 bits per heavy atom. The van der Waals surface area contributed by atoms with Crippen LogP contribution in [-0.4, -0.2) is 37.2 Å². The summed E-state index contributed by atoms with van der Waals surface area (Å²) >= 11 is 0. The van der Waals surface area contributed by atoms with Crippen molar-refractivity contribution in [2.45, 2.75) is 258 Å². The van der Waals surface area contributed by atoms with Gasteiger partial charge in [-0.25, -0.2) is 0 Å². The van der Waals surface area contributed by atoms with E-state index in [1.807, 2.05) is 0 Å². The molecule has 0 aromatic heterocycles. The Labute approximate surface area is 365 Å². The number of rotatable bonds is 45. The summed E-state index contributed by atoms with van der Waals surface area (Å²) < 4.78 is 16.7. The van der Waals surface area contributed by atoms with Crippen molar-refractivity contribution in [3.8, 4) is 0 Å². The summed E-state index contributed by atoms with van der Waals surface area (Å²) in [6, 6.07) is 0. The van der Waals surface area contributed by atoms with Crippen LogP contribution in [0.15, 0.2) is 48.6 Å². The molecule has 0 N–H and O–H groups in total. The minimum Gasteiger partial charge on any atom is -0.462 e. The molecule has 6 heteroatoms. The van der Waals surface area contributed by atoms with E-state index in [4.69, 9.17) is 14.2 Å². The van der Waals surface area contributed by atoms with Gasteiger partial charge in [0.15, 0.2) is 6.10 Å². The number of hydrogen-bond acceptors (Lipinski definition) is 6. The molecule has 0 spiro atoms. The molecule has 6 nitrogen and oxygen atoms in total. The molecule has 0 aromatic carbocycles. The van der Waals surface area contributed by atoms with Gasteiger partial charge in [0.05, 0.1) is 0 Å². The maximum atomic E-state index is 12.7. The zero-order valence-electron chi connectivity index (χ0n) is 39.0. The van der Waals surface area contributed by atoms with Crippen LogP contribution in [0, 0.1) is 0 Å². The highest BCUT2D eigenvalue weighted by molar-refractivity contribution is 5.71. The summed E-state index contributed by atoms with van der Waals surface area (Å²) in [6.07, 6.45) is 56.6. The summed E-state index contributed by atoms with van der Waals surface area (Å²) in [7, 11) is 0. The van der Waals surface area contributed by atoms with Crippen LogP contribution in [0.5, 0.6) is 0 Å². The van der Waals surface area contributed by atoms with Crippen molar-refractivity contribution in [1.82, 2.24) is 0 Å². The maximum absolute atomic E-state index is 12.7. The van der Waals surface area contributed by atoms with Gasteiger partial charge in [-0.1, -0.05) is 198 Å². The molecule has 0 aromatic rings. The summed E-state index contributed by atoms with van der Waals surface area (Å²) in [5.74, 6) is -0.900. The molecule has 0 saturated carbocycles. The third kappa shape index (κ3) is 46.3. The van der Waals surface area contributed by atoms with Crippen molar-refractivity contribution in [2.24, 2.45) is 0 Å². The van der Waals surface area contributed by atoms with Crippen LogP contribution in [0.25, 0.3) is 0 Å². The predicted octanol–water partition coefficient (Wildman–Crippen LogP) is 16.3. The van der Waals surface area contributed by atoms with E-state index >= 15 is 0 Å². The first-order valence-corrected chi connectivity index (χ1v) is 25.1. The first kappa shape index (κ1) is 56.4. The SMILES string of the molecule is CCCCC/C=C\C/C=C\C/C=C\CCCCCCCCC(=O)OC[C@@H](COC(=O)CCCCCCCCCCC)OC(=O)CCCCCCC/C=C\CCCCCC. The van der Waals surface area contributed by atoms with Gasteiger partial charge in [-0.3, -0.25) is 14.4 Å². The van der Waals surface area contributed by atoms with Gasteiger partial charge >= 0.3 is 17.9 Å². The molecule has 59 heavy (non-hydrogen) atoms. The van der Waals surface area contributed by atoms with E-state index in [-0.39, 0.29) is 31.1 Å². The molecule has 0 heterocycles. The van der Waals surface area contributed by atoms with Gasteiger partial charge in [0.25, 0.3) is 0 Å². The number of unbranched alkanes of at least 4 members (excludes halogenated alkanes) is 26. The van der Waals surface area contributed by atoms with Crippen molar-refractivity contribution in [1.29, 1.82) is 0 Å². The molecule has 0 unspecified atom stereocenters. The molecular formula is C53H94O6. The van der Waals surface area contributed by atoms with Crippen molar-refractivity contribution in [3.63, 3.8) is 0 Å². The average Bonchev–Trinajstić information content (AvgIpc) is 3.23. The molecule has 0 amide bonds. The molecule has 0 fully saturated rings. The largest absolute Gasteiger partial charge is 0.462 e. The summed E-state index contributed by atoms with van der Waals surface area (Å²) in [5, 5.41) is 0. The minimum atomic E-state index is -0.778. The molecule has 0 bridgehead atoms. The smallest absolute Gasteiger partial charge is 0.306 e. The van der Waals surface area contributed by atoms with E-state index < -0.39 is 6.10 Å². The lowest BCUT2D eigenvalue weighted by Crippen LogP contribution is -2.30. The fraction of sp³-hybridized carbons (Fsp3) is 0.792. The lowest BCUT2D eigenvalue weighted by atomic mass is 10.1. The highest BCUT2D eigenvalue weighted by Crippen LogP contribution is 2.14. The van der Waals surface area contributed by atoms with Crippen LogP contribution < -0.4 is 0 Å².